The number of benzene rings is 4. The van der Waals surface area contributed by atoms with Gasteiger partial charge in [0, 0.05) is 80.4 Å². The number of amides is 1. The van der Waals surface area contributed by atoms with Gasteiger partial charge >= 0.3 is 5.97 Å². The van der Waals surface area contributed by atoms with Crippen LogP contribution in [0.1, 0.15) is 47.8 Å². The number of H-pyrrole nitrogens is 1. The van der Waals surface area contributed by atoms with Crippen molar-refractivity contribution in [2.24, 2.45) is 0 Å². The first-order chi connectivity index (χ1) is 21.7. The van der Waals surface area contributed by atoms with Crippen LogP contribution in [0.25, 0.3) is 22.0 Å². The summed E-state index contributed by atoms with van der Waals surface area (Å²) in [5, 5.41) is 0.960. The zero-order chi connectivity index (χ0) is 31.5. The molecule has 1 amide bonds. The Balaban J connectivity index is 1.27. The van der Waals surface area contributed by atoms with E-state index in [-0.39, 0.29) is 23.9 Å². The monoisotopic (exact) mass is 603 g/mol. The lowest BCUT2D eigenvalue weighted by molar-refractivity contribution is -0.132. The van der Waals surface area contributed by atoms with Crippen molar-refractivity contribution in [1.29, 1.82) is 0 Å². The number of para-hydroxylation sites is 1. The number of piperazine rings is 1. The van der Waals surface area contributed by atoms with Crippen LogP contribution in [0.3, 0.4) is 0 Å². The fourth-order valence-corrected chi connectivity index (χ4v) is 6.03. The third-order valence-corrected chi connectivity index (χ3v) is 8.39. The van der Waals surface area contributed by atoms with Crippen molar-refractivity contribution in [3.8, 4) is 16.9 Å². The largest absolute Gasteiger partial charge is 0.426 e. The van der Waals surface area contributed by atoms with Gasteiger partial charge in [0.05, 0.1) is 0 Å². The molecule has 1 atom stereocenters. The molecule has 1 N–H and O–H groups in total. The molecule has 6 rings (SSSR count). The number of aromatic nitrogens is 1. The highest BCUT2D eigenvalue weighted by atomic mass is 19.1. The van der Waals surface area contributed by atoms with E-state index in [9.17, 15) is 18.8 Å². The molecule has 0 bridgehead atoms. The molecule has 1 aliphatic heterocycles. The van der Waals surface area contributed by atoms with Gasteiger partial charge in [-0.1, -0.05) is 48.5 Å². The Kier molecular flexibility index (Phi) is 8.47. The SMILES string of the molecule is CC(=O)Oc1ccc(F)cc1[C@@H](CC(=O)c1cccc(-c2ccc(N3CCN(C(C)=O)CC3)cc2)c1)c1cc2ccccc2[nH]1. The van der Waals surface area contributed by atoms with Gasteiger partial charge in [-0.05, 0) is 65.0 Å². The van der Waals surface area contributed by atoms with Crippen LogP contribution in [0.5, 0.6) is 5.75 Å². The van der Waals surface area contributed by atoms with Gasteiger partial charge in [0.1, 0.15) is 11.6 Å². The number of Topliss-reactive ketones (excluding diaryl/α,β-unsaturated/α-hetero) is 1. The molecule has 7 nitrogen and oxygen atoms in total. The maximum atomic E-state index is 14.6. The molecule has 1 aromatic heterocycles. The van der Waals surface area contributed by atoms with E-state index in [1.54, 1.807) is 13.0 Å². The van der Waals surface area contributed by atoms with Crippen LogP contribution in [0, 0.1) is 5.82 Å². The average Bonchev–Trinajstić information content (AvgIpc) is 3.48. The third-order valence-electron chi connectivity index (χ3n) is 8.39. The first kappa shape index (κ1) is 29.8. The van der Waals surface area contributed by atoms with Crippen LogP contribution in [-0.2, 0) is 9.59 Å². The number of ketones is 1. The summed E-state index contributed by atoms with van der Waals surface area (Å²) in [5.41, 5.74) is 5.53. The molecule has 4 aromatic carbocycles. The summed E-state index contributed by atoms with van der Waals surface area (Å²) in [4.78, 5) is 45.0. The Labute approximate surface area is 261 Å². The fourth-order valence-electron chi connectivity index (χ4n) is 6.03. The number of carbonyl (C=O) groups is 3. The van der Waals surface area contributed by atoms with Gasteiger partial charge in [-0.2, -0.15) is 0 Å². The number of nitrogens with zero attached hydrogens (tertiary/aromatic N) is 2. The Bertz CT molecular complexity index is 1840. The predicted molar refractivity (Wildman–Crippen MR) is 173 cm³/mol. The van der Waals surface area contributed by atoms with Crippen LogP contribution in [0.2, 0.25) is 0 Å². The molecule has 0 radical (unpaired) electrons. The number of rotatable bonds is 8. The zero-order valence-electron chi connectivity index (χ0n) is 25.3. The lowest BCUT2D eigenvalue weighted by Gasteiger charge is -2.35. The Morgan fingerprint density at radius 2 is 1.58 bits per heavy atom. The molecule has 2 heterocycles. The number of carbonyl (C=O) groups excluding carboxylic acids is 3. The van der Waals surface area contributed by atoms with Crippen molar-refractivity contribution in [2.75, 3.05) is 31.1 Å². The van der Waals surface area contributed by atoms with E-state index in [1.807, 2.05) is 65.6 Å². The Hall–Kier alpha value is -5.24. The second-order valence-electron chi connectivity index (χ2n) is 11.4. The van der Waals surface area contributed by atoms with Crippen molar-refractivity contribution in [3.63, 3.8) is 0 Å². The Morgan fingerprint density at radius 1 is 0.822 bits per heavy atom. The summed E-state index contributed by atoms with van der Waals surface area (Å²) >= 11 is 0. The maximum absolute atomic E-state index is 14.6. The van der Waals surface area contributed by atoms with E-state index in [2.05, 4.69) is 22.0 Å². The second kappa shape index (κ2) is 12.8. The molecule has 0 unspecified atom stereocenters. The molecular weight excluding hydrogens is 569 g/mol. The normalized spacial score (nSPS) is 13.9. The van der Waals surface area contributed by atoms with Crippen molar-refractivity contribution in [1.82, 2.24) is 9.88 Å². The summed E-state index contributed by atoms with van der Waals surface area (Å²) in [7, 11) is 0. The van der Waals surface area contributed by atoms with Crippen LogP contribution >= 0.6 is 0 Å². The lowest BCUT2D eigenvalue weighted by atomic mass is 9.87. The van der Waals surface area contributed by atoms with E-state index in [1.165, 1.54) is 25.1 Å². The van der Waals surface area contributed by atoms with Gasteiger partial charge in [-0.3, -0.25) is 14.4 Å². The lowest BCUT2D eigenvalue weighted by Crippen LogP contribution is -2.48. The molecule has 0 spiro atoms. The average molecular weight is 604 g/mol. The number of ether oxygens (including phenoxy) is 1. The number of nitrogens with one attached hydrogen (secondary N) is 1. The molecule has 5 aromatic rings. The summed E-state index contributed by atoms with van der Waals surface area (Å²) in [6.45, 7) is 5.88. The molecule has 45 heavy (non-hydrogen) atoms. The minimum Gasteiger partial charge on any atom is -0.426 e. The predicted octanol–water partition coefficient (Wildman–Crippen LogP) is 6.97. The number of anilines is 1. The van der Waals surface area contributed by atoms with Crippen molar-refractivity contribution < 1.29 is 23.5 Å². The van der Waals surface area contributed by atoms with Gasteiger partial charge in [0.2, 0.25) is 5.91 Å². The molecule has 0 aliphatic carbocycles. The highest BCUT2D eigenvalue weighted by Gasteiger charge is 2.26. The number of esters is 1. The van der Waals surface area contributed by atoms with Crippen molar-refractivity contribution in [2.45, 2.75) is 26.2 Å². The number of aromatic amines is 1. The van der Waals surface area contributed by atoms with Gasteiger partial charge in [0.15, 0.2) is 5.78 Å². The maximum Gasteiger partial charge on any atom is 0.308 e. The second-order valence-corrected chi connectivity index (χ2v) is 11.4. The number of halogens is 1. The summed E-state index contributed by atoms with van der Waals surface area (Å²) in [6.07, 6.45) is 0.0270. The molecule has 8 heteroatoms. The molecule has 1 fully saturated rings. The highest BCUT2D eigenvalue weighted by molar-refractivity contribution is 5.98. The number of fused-ring (bicyclic) bond motifs is 1. The van der Waals surface area contributed by atoms with Crippen LogP contribution < -0.4 is 9.64 Å². The van der Waals surface area contributed by atoms with E-state index in [4.69, 9.17) is 4.74 Å². The minimum atomic E-state index is -0.596. The van der Waals surface area contributed by atoms with E-state index in [0.717, 1.165) is 46.5 Å². The first-order valence-electron chi connectivity index (χ1n) is 15.0. The summed E-state index contributed by atoms with van der Waals surface area (Å²) in [6, 6.07) is 29.4. The fraction of sp³-hybridized carbons (Fsp3) is 0.216. The minimum absolute atomic E-state index is 0.0270. The van der Waals surface area contributed by atoms with Crippen molar-refractivity contribution >= 4 is 34.3 Å². The van der Waals surface area contributed by atoms with E-state index < -0.39 is 17.7 Å². The van der Waals surface area contributed by atoms with Crippen LogP contribution in [0.4, 0.5) is 10.1 Å². The summed E-state index contributed by atoms with van der Waals surface area (Å²) in [5.74, 6) is -1.41. The highest BCUT2D eigenvalue weighted by Crippen LogP contribution is 2.37. The molecule has 1 aliphatic rings. The summed E-state index contributed by atoms with van der Waals surface area (Å²) < 4.78 is 20.1. The van der Waals surface area contributed by atoms with Crippen LogP contribution in [0.15, 0.2) is 97.1 Å². The van der Waals surface area contributed by atoms with Gasteiger partial charge in [0.25, 0.3) is 0 Å². The number of hydrogen-bond acceptors (Lipinski definition) is 5. The third kappa shape index (κ3) is 6.65. The van der Waals surface area contributed by atoms with Gasteiger partial charge < -0.3 is 19.5 Å². The van der Waals surface area contributed by atoms with Gasteiger partial charge in [-0.25, -0.2) is 4.39 Å². The zero-order valence-corrected chi connectivity index (χ0v) is 25.3. The van der Waals surface area contributed by atoms with E-state index in [0.29, 0.717) is 24.2 Å². The standard InChI is InChI=1S/C37H34FN3O4/c1-24(42)40-16-18-41(19-17-40)31-13-10-26(11-14-31)27-7-5-8-29(20-27)36(44)23-32(35-21-28-6-3-4-9-34(28)39-35)33-22-30(38)12-15-37(33)45-25(2)43/h3-15,20-22,32,39H,16-19,23H2,1-2H3/t32-/m1/s1. The quantitative estimate of drug-likeness (QED) is 0.118. The molecular formula is C37H34FN3O4. The molecule has 0 saturated carbocycles. The smallest absolute Gasteiger partial charge is 0.308 e. The number of hydrogen-bond donors (Lipinski definition) is 1. The molecule has 228 valence electrons. The first-order valence-corrected chi connectivity index (χ1v) is 15.0. The Morgan fingerprint density at radius 3 is 2.29 bits per heavy atom. The topological polar surface area (TPSA) is 82.7 Å². The van der Waals surface area contributed by atoms with Crippen LogP contribution in [-0.4, -0.2) is 53.7 Å². The molecule has 1 saturated heterocycles. The van der Waals surface area contributed by atoms with E-state index >= 15 is 0 Å². The van der Waals surface area contributed by atoms with Crippen molar-refractivity contribution in [3.05, 3.63) is 120 Å². The van der Waals surface area contributed by atoms with Gasteiger partial charge in [-0.15, -0.1) is 0 Å².